The molecule has 0 bridgehead atoms. The molecule has 0 aliphatic heterocycles. The molecule has 0 aromatic carbocycles. The zero-order valence-corrected chi connectivity index (χ0v) is 11.0. The molecule has 0 saturated heterocycles. The first-order chi connectivity index (χ1) is 8.26. The highest BCUT2D eigenvalue weighted by Gasteiger charge is 1.96. The predicted octanol–water partition coefficient (Wildman–Crippen LogP) is 2.42. The molecular formula is C14H22N2O. The van der Waals surface area contributed by atoms with E-state index in [9.17, 15) is 0 Å². The van der Waals surface area contributed by atoms with Gasteiger partial charge in [-0.05, 0) is 31.1 Å². The summed E-state index contributed by atoms with van der Waals surface area (Å²) in [6.45, 7) is 6.75. The van der Waals surface area contributed by atoms with Gasteiger partial charge in [0.2, 0.25) is 0 Å². The lowest BCUT2D eigenvalue weighted by molar-refractivity contribution is 0.200. The van der Waals surface area contributed by atoms with Crippen molar-refractivity contribution in [2.24, 2.45) is 0 Å². The number of hydrogen-bond donors (Lipinski definition) is 1. The second kappa shape index (κ2) is 7.98. The molecule has 1 rings (SSSR count). The lowest BCUT2D eigenvalue weighted by atomic mass is 10.1. The topological polar surface area (TPSA) is 34.2 Å². The molecule has 0 atom stereocenters. The molecule has 0 saturated carbocycles. The van der Waals surface area contributed by atoms with Crippen molar-refractivity contribution in [2.75, 3.05) is 26.8 Å². The predicted molar refractivity (Wildman–Crippen MR) is 72.0 cm³/mol. The minimum absolute atomic E-state index is 0.750. The minimum atomic E-state index is 0.750. The van der Waals surface area contributed by atoms with Crippen LogP contribution in [0.15, 0.2) is 23.9 Å². The average molecular weight is 234 g/mol. The van der Waals surface area contributed by atoms with Gasteiger partial charge in [-0.25, -0.2) is 0 Å². The van der Waals surface area contributed by atoms with Crippen LogP contribution in [0.25, 0.3) is 6.08 Å². The maximum absolute atomic E-state index is 4.99. The number of aromatic nitrogens is 1. The summed E-state index contributed by atoms with van der Waals surface area (Å²) in [6.07, 6.45) is 5.09. The summed E-state index contributed by atoms with van der Waals surface area (Å²) in [6, 6.07) is 4.14. The first-order valence-corrected chi connectivity index (χ1v) is 6.08. The third-order valence-corrected chi connectivity index (χ3v) is 2.58. The van der Waals surface area contributed by atoms with Gasteiger partial charge in [-0.15, -0.1) is 0 Å². The van der Waals surface area contributed by atoms with Crippen molar-refractivity contribution in [3.8, 4) is 0 Å². The Morgan fingerprint density at radius 2 is 2.29 bits per heavy atom. The van der Waals surface area contributed by atoms with Crippen LogP contribution >= 0.6 is 0 Å². The number of hydrogen-bond acceptors (Lipinski definition) is 3. The van der Waals surface area contributed by atoms with Crippen molar-refractivity contribution in [3.05, 3.63) is 35.2 Å². The molecule has 1 heterocycles. The van der Waals surface area contributed by atoms with E-state index >= 15 is 0 Å². The Bertz CT molecular complexity index is 344. The van der Waals surface area contributed by atoms with Gasteiger partial charge in [0.1, 0.15) is 0 Å². The van der Waals surface area contributed by atoms with E-state index < -0.39 is 0 Å². The molecule has 0 aliphatic rings. The average Bonchev–Trinajstić information content (AvgIpc) is 2.35. The van der Waals surface area contributed by atoms with E-state index in [4.69, 9.17) is 4.74 Å². The molecular weight excluding hydrogens is 212 g/mol. The highest BCUT2D eigenvalue weighted by Crippen LogP contribution is 2.07. The zero-order valence-electron chi connectivity index (χ0n) is 11.0. The van der Waals surface area contributed by atoms with Gasteiger partial charge in [0.15, 0.2) is 0 Å². The van der Waals surface area contributed by atoms with E-state index in [0.29, 0.717) is 0 Å². The molecule has 0 spiro atoms. The summed E-state index contributed by atoms with van der Waals surface area (Å²) in [7, 11) is 1.72. The highest BCUT2D eigenvalue weighted by atomic mass is 16.5. The zero-order chi connectivity index (χ0) is 12.5. The Morgan fingerprint density at radius 1 is 1.47 bits per heavy atom. The van der Waals surface area contributed by atoms with Crippen LogP contribution in [-0.2, 0) is 4.74 Å². The Balaban J connectivity index is 2.51. The van der Waals surface area contributed by atoms with Gasteiger partial charge in [0.25, 0.3) is 0 Å². The summed E-state index contributed by atoms with van der Waals surface area (Å²) in [5, 5.41) is 3.35. The van der Waals surface area contributed by atoms with Crippen LogP contribution in [0.4, 0.5) is 0 Å². The Labute approximate surface area is 104 Å². The van der Waals surface area contributed by atoms with Crippen LogP contribution < -0.4 is 5.32 Å². The van der Waals surface area contributed by atoms with E-state index in [-0.39, 0.29) is 0 Å². The molecule has 3 heteroatoms. The van der Waals surface area contributed by atoms with E-state index in [1.165, 1.54) is 11.1 Å². The van der Waals surface area contributed by atoms with Gasteiger partial charge in [-0.2, -0.15) is 0 Å². The first-order valence-electron chi connectivity index (χ1n) is 6.08. The third kappa shape index (κ3) is 5.61. The molecule has 0 amide bonds. The lowest BCUT2D eigenvalue weighted by Gasteiger charge is -2.07. The number of aryl methyl sites for hydroxylation is 1. The molecule has 1 N–H and O–H groups in total. The summed E-state index contributed by atoms with van der Waals surface area (Å²) < 4.78 is 4.99. The SMILES string of the molecule is CC/C(=C/c1ccc(C)cn1)CNCCOC. The number of ether oxygens (including phenoxy) is 1. The van der Waals surface area contributed by atoms with Crippen molar-refractivity contribution in [2.45, 2.75) is 20.3 Å². The van der Waals surface area contributed by atoms with Crippen LogP contribution in [0.3, 0.4) is 0 Å². The normalized spacial score (nSPS) is 11.8. The maximum atomic E-state index is 4.99. The molecule has 3 nitrogen and oxygen atoms in total. The second-order valence-corrected chi connectivity index (χ2v) is 4.09. The number of nitrogens with one attached hydrogen (secondary N) is 1. The molecule has 17 heavy (non-hydrogen) atoms. The quantitative estimate of drug-likeness (QED) is 0.736. The van der Waals surface area contributed by atoms with Crippen LogP contribution in [0.2, 0.25) is 0 Å². The molecule has 1 aromatic rings. The molecule has 0 aliphatic carbocycles. The minimum Gasteiger partial charge on any atom is -0.383 e. The number of methoxy groups -OCH3 is 1. The van der Waals surface area contributed by atoms with Gasteiger partial charge in [0.05, 0.1) is 12.3 Å². The molecule has 0 radical (unpaired) electrons. The standard InChI is InChI=1S/C14H22N2O/c1-4-13(11-15-7-8-17-3)9-14-6-5-12(2)10-16-14/h5-6,9-10,15H,4,7-8,11H2,1-3H3/b13-9-. The van der Waals surface area contributed by atoms with Gasteiger partial charge in [-0.3, -0.25) is 4.98 Å². The summed E-state index contributed by atoms with van der Waals surface area (Å²) in [5.41, 5.74) is 3.58. The fraction of sp³-hybridized carbons (Fsp3) is 0.500. The molecule has 1 aromatic heterocycles. The smallest absolute Gasteiger partial charge is 0.0629 e. The summed E-state index contributed by atoms with van der Waals surface area (Å²) in [5.74, 6) is 0. The van der Waals surface area contributed by atoms with Crippen LogP contribution in [0.1, 0.15) is 24.6 Å². The second-order valence-electron chi connectivity index (χ2n) is 4.09. The molecule has 0 fully saturated rings. The number of nitrogens with zero attached hydrogens (tertiary/aromatic N) is 1. The van der Waals surface area contributed by atoms with Gasteiger partial charge < -0.3 is 10.1 Å². The van der Waals surface area contributed by atoms with E-state index in [1.54, 1.807) is 7.11 Å². The van der Waals surface area contributed by atoms with Gasteiger partial charge >= 0.3 is 0 Å². The van der Waals surface area contributed by atoms with Crippen molar-refractivity contribution in [3.63, 3.8) is 0 Å². The monoisotopic (exact) mass is 234 g/mol. The largest absolute Gasteiger partial charge is 0.383 e. The van der Waals surface area contributed by atoms with E-state index in [2.05, 4.69) is 35.4 Å². The maximum Gasteiger partial charge on any atom is 0.0629 e. The van der Waals surface area contributed by atoms with Gasteiger partial charge in [-0.1, -0.05) is 18.6 Å². The Hall–Kier alpha value is -1.19. The molecule has 94 valence electrons. The number of rotatable bonds is 7. The Morgan fingerprint density at radius 3 is 2.88 bits per heavy atom. The fourth-order valence-corrected chi connectivity index (χ4v) is 1.48. The Kier molecular flexibility index (Phi) is 6.51. The summed E-state index contributed by atoms with van der Waals surface area (Å²) in [4.78, 5) is 4.38. The van der Waals surface area contributed by atoms with E-state index in [1.807, 2.05) is 13.1 Å². The highest BCUT2D eigenvalue weighted by molar-refractivity contribution is 5.49. The summed E-state index contributed by atoms with van der Waals surface area (Å²) >= 11 is 0. The fourth-order valence-electron chi connectivity index (χ4n) is 1.48. The van der Waals surface area contributed by atoms with Crippen molar-refractivity contribution in [1.29, 1.82) is 0 Å². The van der Waals surface area contributed by atoms with Crippen LogP contribution in [0.5, 0.6) is 0 Å². The van der Waals surface area contributed by atoms with Gasteiger partial charge in [0, 0.05) is 26.4 Å². The van der Waals surface area contributed by atoms with Crippen molar-refractivity contribution >= 4 is 6.08 Å². The van der Waals surface area contributed by atoms with Crippen LogP contribution in [-0.4, -0.2) is 31.8 Å². The van der Waals surface area contributed by atoms with E-state index in [0.717, 1.165) is 31.8 Å². The van der Waals surface area contributed by atoms with Crippen LogP contribution in [0, 0.1) is 6.92 Å². The lowest BCUT2D eigenvalue weighted by Crippen LogP contribution is -2.21. The third-order valence-electron chi connectivity index (χ3n) is 2.58. The van der Waals surface area contributed by atoms with Crippen molar-refractivity contribution < 1.29 is 4.74 Å². The first kappa shape index (κ1) is 13.9. The van der Waals surface area contributed by atoms with Crippen molar-refractivity contribution in [1.82, 2.24) is 10.3 Å². The molecule has 0 unspecified atom stereocenters. The number of pyridine rings is 1.